The highest BCUT2D eigenvalue weighted by molar-refractivity contribution is 7.89. The highest BCUT2D eigenvalue weighted by Gasteiger charge is 2.30. The van der Waals surface area contributed by atoms with Crippen molar-refractivity contribution in [3.8, 4) is 10.6 Å². The lowest BCUT2D eigenvalue weighted by Gasteiger charge is -2.26. The number of aromatic amines is 1. The molecule has 0 saturated carbocycles. The quantitative estimate of drug-likeness (QED) is 0.683. The minimum absolute atomic E-state index is 0.393. The van der Waals surface area contributed by atoms with Crippen LogP contribution in [0.25, 0.3) is 16.1 Å². The molecule has 28 heavy (non-hydrogen) atoms. The average Bonchev–Trinajstić information content (AvgIpc) is 3.25. The fourth-order valence-electron chi connectivity index (χ4n) is 3.49. The van der Waals surface area contributed by atoms with Crippen LogP contribution < -0.4 is 0 Å². The molecule has 0 bridgehead atoms. The maximum atomic E-state index is 13.3. The normalized spacial score (nSPS) is 15.6. The summed E-state index contributed by atoms with van der Waals surface area (Å²) in [6.45, 7) is 6.73. The molecule has 0 radical (unpaired) electrons. The smallest absolute Gasteiger partial charge is 0.244 e. The molecule has 0 unspecified atom stereocenters. The van der Waals surface area contributed by atoms with Crippen molar-refractivity contribution in [1.29, 1.82) is 0 Å². The van der Waals surface area contributed by atoms with E-state index in [9.17, 15) is 8.42 Å². The Labute approximate surface area is 169 Å². The van der Waals surface area contributed by atoms with E-state index in [1.165, 1.54) is 16.9 Å². The van der Waals surface area contributed by atoms with Crippen molar-refractivity contribution in [2.75, 3.05) is 13.1 Å². The van der Waals surface area contributed by atoms with Gasteiger partial charge in [-0.15, -0.1) is 11.3 Å². The minimum Gasteiger partial charge on any atom is -0.282 e. The molecule has 146 valence electrons. The van der Waals surface area contributed by atoms with E-state index in [0.717, 1.165) is 38.7 Å². The van der Waals surface area contributed by atoms with Gasteiger partial charge in [-0.05, 0) is 50.0 Å². The molecule has 4 rings (SSSR count). The van der Waals surface area contributed by atoms with Crippen LogP contribution in [0.15, 0.2) is 47.4 Å². The zero-order valence-electron chi connectivity index (χ0n) is 16.2. The van der Waals surface area contributed by atoms with Gasteiger partial charge in [-0.2, -0.15) is 9.40 Å². The van der Waals surface area contributed by atoms with Crippen LogP contribution in [-0.4, -0.2) is 36.0 Å². The summed E-state index contributed by atoms with van der Waals surface area (Å²) in [5, 5.41) is 7.32. The number of aryl methyl sites for hydroxylation is 2. The van der Waals surface area contributed by atoms with E-state index in [0.29, 0.717) is 18.0 Å². The number of aromatic nitrogens is 2. The van der Waals surface area contributed by atoms with Crippen LogP contribution in [-0.2, 0) is 10.0 Å². The van der Waals surface area contributed by atoms with Gasteiger partial charge in [0.05, 0.1) is 9.77 Å². The maximum Gasteiger partial charge on any atom is 0.244 e. The largest absolute Gasteiger partial charge is 0.282 e. The highest BCUT2D eigenvalue weighted by atomic mass is 32.2. The summed E-state index contributed by atoms with van der Waals surface area (Å²) in [5.74, 6) is 0. The second kappa shape index (κ2) is 7.31. The Morgan fingerprint density at radius 1 is 1.14 bits per heavy atom. The van der Waals surface area contributed by atoms with Gasteiger partial charge in [0.1, 0.15) is 5.69 Å². The zero-order chi connectivity index (χ0) is 19.9. The van der Waals surface area contributed by atoms with E-state index in [1.807, 2.05) is 45.0 Å². The van der Waals surface area contributed by atoms with Crippen molar-refractivity contribution in [2.24, 2.45) is 0 Å². The van der Waals surface area contributed by atoms with Gasteiger partial charge in [-0.3, -0.25) is 5.10 Å². The Morgan fingerprint density at radius 2 is 1.89 bits per heavy atom. The molecule has 0 aliphatic carbocycles. The molecule has 0 atom stereocenters. The van der Waals surface area contributed by atoms with Gasteiger partial charge < -0.3 is 0 Å². The number of rotatable bonds is 4. The number of sulfonamides is 1. The molecule has 1 N–H and O–H groups in total. The maximum absolute atomic E-state index is 13.3. The van der Waals surface area contributed by atoms with Gasteiger partial charge in [0.25, 0.3) is 0 Å². The first-order chi connectivity index (χ1) is 13.4. The van der Waals surface area contributed by atoms with Crippen molar-refractivity contribution >= 4 is 26.9 Å². The van der Waals surface area contributed by atoms with Crippen molar-refractivity contribution < 1.29 is 8.42 Å². The number of hydrogen-bond acceptors (Lipinski definition) is 4. The molecular formula is C21H23N3O2S2. The lowest BCUT2D eigenvalue weighted by Crippen LogP contribution is -2.34. The summed E-state index contributed by atoms with van der Waals surface area (Å²) in [6.07, 6.45) is 2.75. The molecule has 0 saturated heterocycles. The molecule has 3 aromatic rings. The number of thiophene rings is 1. The number of H-pyrrole nitrogens is 1. The van der Waals surface area contributed by atoms with Gasteiger partial charge in [0, 0.05) is 23.7 Å². The van der Waals surface area contributed by atoms with Gasteiger partial charge in [0.15, 0.2) is 0 Å². The number of benzene rings is 1. The summed E-state index contributed by atoms with van der Waals surface area (Å²) < 4.78 is 28.1. The Kier molecular flexibility index (Phi) is 4.99. The molecule has 7 heteroatoms. The van der Waals surface area contributed by atoms with Crippen LogP contribution in [0.2, 0.25) is 0 Å². The first-order valence-corrected chi connectivity index (χ1v) is 11.5. The Morgan fingerprint density at radius 3 is 2.50 bits per heavy atom. The minimum atomic E-state index is -3.53. The highest BCUT2D eigenvalue weighted by Crippen LogP contribution is 2.36. The van der Waals surface area contributed by atoms with E-state index in [4.69, 9.17) is 0 Å². The topological polar surface area (TPSA) is 66.1 Å². The van der Waals surface area contributed by atoms with Crippen molar-refractivity contribution in [3.63, 3.8) is 0 Å². The van der Waals surface area contributed by atoms with Crippen molar-refractivity contribution in [2.45, 2.75) is 32.1 Å². The average molecular weight is 414 g/mol. The number of nitrogens with one attached hydrogen (secondary N) is 1. The third-order valence-corrected chi connectivity index (χ3v) is 8.47. The Hall–Kier alpha value is -2.22. The van der Waals surface area contributed by atoms with E-state index >= 15 is 0 Å². The zero-order valence-corrected chi connectivity index (χ0v) is 17.8. The molecule has 1 aromatic carbocycles. The van der Waals surface area contributed by atoms with Gasteiger partial charge in [-0.1, -0.05) is 36.4 Å². The van der Waals surface area contributed by atoms with Crippen molar-refractivity contribution in [1.82, 2.24) is 14.5 Å². The van der Waals surface area contributed by atoms with Crippen LogP contribution in [0.4, 0.5) is 0 Å². The van der Waals surface area contributed by atoms with E-state index < -0.39 is 10.0 Å². The van der Waals surface area contributed by atoms with E-state index in [-0.39, 0.29) is 0 Å². The molecule has 0 spiro atoms. The Balaban J connectivity index is 1.61. The first-order valence-electron chi connectivity index (χ1n) is 9.25. The van der Waals surface area contributed by atoms with Crippen molar-refractivity contribution in [3.05, 3.63) is 64.2 Å². The third-order valence-electron chi connectivity index (χ3n) is 5.29. The molecule has 2 aromatic heterocycles. The van der Waals surface area contributed by atoms with Gasteiger partial charge in [-0.25, -0.2) is 8.42 Å². The predicted octanol–water partition coefficient (Wildman–Crippen LogP) is 4.54. The molecule has 0 amide bonds. The number of hydrogen-bond donors (Lipinski definition) is 1. The summed E-state index contributed by atoms with van der Waals surface area (Å²) in [5.41, 5.74) is 5.26. The summed E-state index contributed by atoms with van der Waals surface area (Å²) >= 11 is 1.48. The summed E-state index contributed by atoms with van der Waals surface area (Å²) in [4.78, 5) is 2.08. The molecule has 1 aliphatic rings. The standard InChI is InChI=1S/C21H23N3O2S2/c1-14-15(2)22-23-21(14)19-13-20(16(3)27-19)28(25,26)24-11-9-18(10-12-24)17-7-5-4-6-8-17/h4-9,13H,10-12H2,1-3H3,(H,22,23). The van der Waals surface area contributed by atoms with Crippen LogP contribution in [0, 0.1) is 20.8 Å². The number of nitrogens with zero attached hydrogens (tertiary/aromatic N) is 2. The SMILES string of the molecule is Cc1[nH]nc(-c2cc(S(=O)(=O)N3CC=C(c4ccccc4)CC3)c(C)s2)c1C. The monoisotopic (exact) mass is 413 g/mol. The Bertz CT molecular complexity index is 1140. The fourth-order valence-corrected chi connectivity index (χ4v) is 6.47. The summed E-state index contributed by atoms with van der Waals surface area (Å²) in [6, 6.07) is 11.9. The molecule has 0 fully saturated rings. The van der Waals surface area contributed by atoms with E-state index in [1.54, 1.807) is 10.4 Å². The summed E-state index contributed by atoms with van der Waals surface area (Å²) in [7, 11) is -3.53. The van der Waals surface area contributed by atoms with Crippen LogP contribution in [0.5, 0.6) is 0 Å². The van der Waals surface area contributed by atoms with Gasteiger partial charge in [0.2, 0.25) is 10.0 Å². The third kappa shape index (κ3) is 3.34. The second-order valence-electron chi connectivity index (χ2n) is 7.06. The lowest BCUT2D eigenvalue weighted by atomic mass is 10.0. The predicted molar refractivity (Wildman–Crippen MR) is 114 cm³/mol. The van der Waals surface area contributed by atoms with Crippen LogP contribution in [0.3, 0.4) is 0 Å². The molecule has 5 nitrogen and oxygen atoms in total. The lowest BCUT2D eigenvalue weighted by molar-refractivity contribution is 0.441. The molecule has 3 heterocycles. The molecular weight excluding hydrogens is 390 g/mol. The fraction of sp³-hybridized carbons (Fsp3) is 0.286. The first kappa shape index (κ1) is 19.1. The van der Waals surface area contributed by atoms with Gasteiger partial charge >= 0.3 is 0 Å². The van der Waals surface area contributed by atoms with Crippen LogP contribution in [0.1, 0.15) is 28.1 Å². The second-order valence-corrected chi connectivity index (χ2v) is 10.2. The van der Waals surface area contributed by atoms with Crippen LogP contribution >= 0.6 is 11.3 Å². The molecule has 1 aliphatic heterocycles. The van der Waals surface area contributed by atoms with E-state index in [2.05, 4.69) is 22.3 Å².